The first-order valence-corrected chi connectivity index (χ1v) is 7.36. The zero-order valence-corrected chi connectivity index (χ0v) is 11.3. The number of fused-ring (bicyclic) bond motifs is 1. The summed E-state index contributed by atoms with van der Waals surface area (Å²) in [6.45, 7) is 1.09. The number of nitrogens with zero attached hydrogens (tertiary/aromatic N) is 3. The zero-order chi connectivity index (χ0) is 13.4. The maximum absolute atomic E-state index is 5.48. The summed E-state index contributed by atoms with van der Waals surface area (Å²) < 4.78 is 5.48. The third-order valence-electron chi connectivity index (χ3n) is 4.56. The topological polar surface area (TPSA) is 63.8 Å². The van der Waals surface area contributed by atoms with E-state index in [1.54, 1.807) is 6.20 Å². The summed E-state index contributed by atoms with van der Waals surface area (Å²) in [6, 6.07) is 6.13. The quantitative estimate of drug-likeness (QED) is 0.925. The van der Waals surface area contributed by atoms with E-state index in [1.807, 2.05) is 18.2 Å². The summed E-state index contributed by atoms with van der Waals surface area (Å²) >= 11 is 0. The second-order valence-electron chi connectivity index (χ2n) is 5.79. The minimum atomic E-state index is 0.257. The number of aromatic nitrogens is 3. The van der Waals surface area contributed by atoms with Gasteiger partial charge in [-0.15, -0.1) is 0 Å². The molecular weight excluding hydrogens is 252 g/mol. The summed E-state index contributed by atoms with van der Waals surface area (Å²) in [4.78, 5) is 8.86. The lowest BCUT2D eigenvalue weighted by Gasteiger charge is -2.13. The van der Waals surface area contributed by atoms with Gasteiger partial charge >= 0.3 is 0 Å². The highest BCUT2D eigenvalue weighted by atomic mass is 16.5. The van der Waals surface area contributed by atoms with E-state index in [0.717, 1.165) is 29.9 Å². The smallest absolute Gasteiger partial charge is 0.244 e. The summed E-state index contributed by atoms with van der Waals surface area (Å²) in [5, 5.41) is 7.64. The van der Waals surface area contributed by atoms with Crippen LogP contribution in [0.25, 0.3) is 0 Å². The van der Waals surface area contributed by atoms with Crippen LogP contribution in [0, 0.1) is 11.8 Å². The standard InChI is InChI=1S/C15H18N4O/c1-2-7-16-11(5-1)8-13-18-15(20-19-13)14-12-6-3-4-10(12)9-17-14/h1-2,5,7,10,12,14,17H,3-4,6,8-9H2. The Kier molecular flexibility index (Phi) is 2.99. The second kappa shape index (κ2) is 4.98. The van der Waals surface area contributed by atoms with E-state index in [1.165, 1.54) is 19.3 Å². The van der Waals surface area contributed by atoms with E-state index in [2.05, 4.69) is 20.4 Å². The van der Waals surface area contributed by atoms with Crippen molar-refractivity contribution in [1.29, 1.82) is 0 Å². The van der Waals surface area contributed by atoms with Crippen LogP contribution in [-0.4, -0.2) is 21.7 Å². The molecule has 0 bridgehead atoms. The molecule has 3 unspecified atom stereocenters. The van der Waals surface area contributed by atoms with E-state index < -0.39 is 0 Å². The molecule has 1 aliphatic heterocycles. The van der Waals surface area contributed by atoms with Crippen LogP contribution in [0.3, 0.4) is 0 Å². The minimum absolute atomic E-state index is 0.257. The summed E-state index contributed by atoms with van der Waals surface area (Å²) in [5.74, 6) is 2.96. The highest BCUT2D eigenvalue weighted by molar-refractivity contribution is 5.10. The van der Waals surface area contributed by atoms with E-state index in [-0.39, 0.29) is 6.04 Å². The molecule has 0 aromatic carbocycles. The fraction of sp³-hybridized carbons (Fsp3) is 0.533. The van der Waals surface area contributed by atoms with Crippen LogP contribution in [0.1, 0.15) is 42.7 Å². The van der Waals surface area contributed by atoms with Crippen molar-refractivity contribution in [1.82, 2.24) is 20.4 Å². The van der Waals surface area contributed by atoms with Crippen LogP contribution in [-0.2, 0) is 6.42 Å². The summed E-state index contributed by atoms with van der Waals surface area (Å²) in [5.41, 5.74) is 0.970. The molecule has 1 N–H and O–H groups in total. The van der Waals surface area contributed by atoms with Crippen LogP contribution in [0.4, 0.5) is 0 Å². The molecule has 4 rings (SSSR count). The third kappa shape index (κ3) is 2.12. The van der Waals surface area contributed by atoms with Gasteiger partial charge in [-0.2, -0.15) is 4.98 Å². The number of nitrogens with one attached hydrogen (secondary N) is 1. The van der Waals surface area contributed by atoms with E-state index in [9.17, 15) is 0 Å². The Morgan fingerprint density at radius 2 is 2.30 bits per heavy atom. The van der Waals surface area contributed by atoms with Gasteiger partial charge in [0.05, 0.1) is 12.5 Å². The van der Waals surface area contributed by atoms with Gasteiger partial charge in [0, 0.05) is 11.9 Å². The van der Waals surface area contributed by atoms with Gasteiger partial charge in [-0.3, -0.25) is 4.98 Å². The normalized spacial score (nSPS) is 28.7. The largest absolute Gasteiger partial charge is 0.338 e. The fourth-order valence-electron chi connectivity index (χ4n) is 3.59. The molecule has 3 heterocycles. The van der Waals surface area contributed by atoms with E-state index in [0.29, 0.717) is 12.3 Å². The Balaban J connectivity index is 1.51. The van der Waals surface area contributed by atoms with Gasteiger partial charge in [-0.1, -0.05) is 17.6 Å². The number of hydrogen-bond donors (Lipinski definition) is 1. The zero-order valence-electron chi connectivity index (χ0n) is 11.3. The van der Waals surface area contributed by atoms with Crippen LogP contribution < -0.4 is 5.32 Å². The summed E-state index contributed by atoms with van der Waals surface area (Å²) in [7, 11) is 0. The molecular formula is C15H18N4O. The predicted molar refractivity (Wildman–Crippen MR) is 72.9 cm³/mol. The fourth-order valence-corrected chi connectivity index (χ4v) is 3.59. The molecule has 2 aromatic heterocycles. The predicted octanol–water partition coefficient (Wildman–Crippen LogP) is 2.12. The Hall–Kier alpha value is -1.75. The van der Waals surface area contributed by atoms with Crippen LogP contribution in [0.15, 0.2) is 28.9 Å². The monoisotopic (exact) mass is 270 g/mol. The van der Waals surface area contributed by atoms with Crippen LogP contribution >= 0.6 is 0 Å². The molecule has 0 spiro atoms. The van der Waals surface area contributed by atoms with Gasteiger partial charge in [0.1, 0.15) is 0 Å². The van der Waals surface area contributed by atoms with Gasteiger partial charge in [0.25, 0.3) is 0 Å². The highest BCUT2D eigenvalue weighted by Gasteiger charge is 2.42. The van der Waals surface area contributed by atoms with E-state index in [4.69, 9.17) is 4.52 Å². The average Bonchev–Trinajstić information content (AvgIpc) is 3.15. The third-order valence-corrected chi connectivity index (χ3v) is 4.56. The number of pyridine rings is 1. The van der Waals surface area contributed by atoms with Crippen molar-refractivity contribution >= 4 is 0 Å². The van der Waals surface area contributed by atoms with Gasteiger partial charge in [0.15, 0.2) is 5.82 Å². The Morgan fingerprint density at radius 3 is 3.20 bits per heavy atom. The van der Waals surface area contributed by atoms with Crippen molar-refractivity contribution in [2.45, 2.75) is 31.7 Å². The van der Waals surface area contributed by atoms with Crippen molar-refractivity contribution < 1.29 is 4.52 Å². The maximum atomic E-state index is 5.48. The molecule has 2 aromatic rings. The second-order valence-corrected chi connectivity index (χ2v) is 5.79. The minimum Gasteiger partial charge on any atom is -0.338 e. The van der Waals surface area contributed by atoms with Crippen molar-refractivity contribution in [3.05, 3.63) is 41.8 Å². The molecule has 1 saturated carbocycles. The Morgan fingerprint density at radius 1 is 1.30 bits per heavy atom. The summed E-state index contributed by atoms with van der Waals surface area (Å²) in [6.07, 6.45) is 6.37. The Bertz CT molecular complexity index is 583. The SMILES string of the molecule is c1ccc(Cc2noc(C3NCC4CCCC43)n2)nc1. The van der Waals surface area contributed by atoms with Crippen LogP contribution in [0.2, 0.25) is 0 Å². The van der Waals surface area contributed by atoms with Gasteiger partial charge in [0.2, 0.25) is 5.89 Å². The first kappa shape index (κ1) is 12.0. The number of hydrogen-bond acceptors (Lipinski definition) is 5. The number of rotatable bonds is 3. The molecule has 20 heavy (non-hydrogen) atoms. The molecule has 5 heteroatoms. The molecule has 1 saturated heterocycles. The van der Waals surface area contributed by atoms with Crippen molar-refractivity contribution in [3.63, 3.8) is 0 Å². The lowest BCUT2D eigenvalue weighted by atomic mass is 9.94. The molecule has 0 radical (unpaired) electrons. The van der Waals surface area contributed by atoms with Gasteiger partial charge in [-0.05, 0) is 43.4 Å². The lowest BCUT2D eigenvalue weighted by molar-refractivity contribution is 0.301. The molecule has 2 aliphatic rings. The first-order chi connectivity index (χ1) is 9.90. The lowest BCUT2D eigenvalue weighted by Crippen LogP contribution is -2.18. The molecule has 0 amide bonds. The first-order valence-electron chi connectivity index (χ1n) is 7.36. The van der Waals surface area contributed by atoms with Gasteiger partial charge in [-0.25, -0.2) is 0 Å². The average molecular weight is 270 g/mol. The highest BCUT2D eigenvalue weighted by Crippen LogP contribution is 2.43. The molecule has 1 aliphatic carbocycles. The molecule has 104 valence electrons. The van der Waals surface area contributed by atoms with Gasteiger partial charge < -0.3 is 9.84 Å². The molecule has 5 nitrogen and oxygen atoms in total. The molecule has 2 fully saturated rings. The van der Waals surface area contributed by atoms with Crippen LogP contribution in [0.5, 0.6) is 0 Å². The Labute approximate surface area is 117 Å². The maximum Gasteiger partial charge on any atom is 0.244 e. The van der Waals surface area contributed by atoms with E-state index >= 15 is 0 Å². The van der Waals surface area contributed by atoms with Crippen molar-refractivity contribution in [3.8, 4) is 0 Å². The van der Waals surface area contributed by atoms with Crippen molar-refractivity contribution in [2.75, 3.05) is 6.54 Å². The van der Waals surface area contributed by atoms with Crippen molar-refractivity contribution in [2.24, 2.45) is 11.8 Å². The molecule has 3 atom stereocenters.